The Morgan fingerprint density at radius 2 is 2.06 bits per heavy atom. The average Bonchev–Trinajstić information content (AvgIpc) is 2.26. The highest BCUT2D eigenvalue weighted by Gasteiger charge is 2.18. The van der Waals surface area contributed by atoms with Gasteiger partial charge in [-0.15, -0.1) is 0 Å². The Labute approximate surface area is 103 Å². The van der Waals surface area contributed by atoms with Gasteiger partial charge in [-0.3, -0.25) is 0 Å². The molecule has 0 fully saturated rings. The van der Waals surface area contributed by atoms with Gasteiger partial charge in [-0.1, -0.05) is 12.1 Å². The lowest BCUT2D eigenvalue weighted by Crippen LogP contribution is -2.19. The van der Waals surface area contributed by atoms with Gasteiger partial charge in [0.25, 0.3) is 0 Å². The Morgan fingerprint density at radius 3 is 2.59 bits per heavy atom. The number of benzene rings is 1. The zero-order valence-electron chi connectivity index (χ0n) is 10.4. The molecule has 0 spiro atoms. The lowest BCUT2D eigenvalue weighted by atomic mass is 10.2. The summed E-state index contributed by atoms with van der Waals surface area (Å²) in [5, 5.41) is 0. The summed E-state index contributed by atoms with van der Waals surface area (Å²) in [4.78, 5) is 0. The number of methoxy groups -OCH3 is 1. The lowest BCUT2D eigenvalue weighted by molar-refractivity contribution is 0.386. The van der Waals surface area contributed by atoms with E-state index < -0.39 is 21.5 Å². The Kier molecular flexibility index (Phi) is 4.40. The van der Waals surface area contributed by atoms with Crippen LogP contribution in [0.5, 0.6) is 5.75 Å². The summed E-state index contributed by atoms with van der Waals surface area (Å²) in [6.07, 6.45) is 1.28. The van der Waals surface area contributed by atoms with Crippen LogP contribution in [0.2, 0.25) is 0 Å². The minimum absolute atomic E-state index is 0.149. The molecular weight excluding hydrogens is 241 g/mol. The van der Waals surface area contributed by atoms with Gasteiger partial charge in [0.1, 0.15) is 11.0 Å². The average molecular weight is 257 g/mol. The third kappa shape index (κ3) is 3.63. The van der Waals surface area contributed by atoms with E-state index in [1.807, 2.05) is 20.8 Å². The van der Waals surface area contributed by atoms with Crippen LogP contribution in [-0.2, 0) is 11.0 Å². The molecule has 0 heterocycles. The van der Waals surface area contributed by atoms with Crippen LogP contribution in [0, 0.1) is 5.82 Å². The van der Waals surface area contributed by atoms with E-state index >= 15 is 0 Å². The van der Waals surface area contributed by atoms with Crippen molar-refractivity contribution in [2.24, 2.45) is 4.40 Å². The minimum atomic E-state index is -1.39. The van der Waals surface area contributed by atoms with E-state index in [1.54, 1.807) is 12.1 Å². The molecule has 94 valence electrons. The predicted molar refractivity (Wildman–Crippen MR) is 68.4 cm³/mol. The van der Waals surface area contributed by atoms with Crippen LogP contribution < -0.4 is 4.74 Å². The van der Waals surface area contributed by atoms with Gasteiger partial charge in [0, 0.05) is 11.8 Å². The van der Waals surface area contributed by atoms with Crippen LogP contribution >= 0.6 is 0 Å². The first kappa shape index (κ1) is 13.8. The summed E-state index contributed by atoms with van der Waals surface area (Å²) < 4.78 is 33.6. The molecule has 0 N–H and O–H groups in total. The smallest absolute Gasteiger partial charge is 0.173 e. The van der Waals surface area contributed by atoms with Gasteiger partial charge in [-0.2, -0.15) is 4.40 Å². The zero-order valence-corrected chi connectivity index (χ0v) is 11.2. The van der Waals surface area contributed by atoms with Crippen molar-refractivity contribution >= 4 is 17.2 Å². The summed E-state index contributed by atoms with van der Waals surface area (Å²) in [6.45, 7) is 5.42. The fraction of sp³-hybridized carbons (Fsp3) is 0.417. The summed E-state index contributed by atoms with van der Waals surface area (Å²) >= 11 is 0. The second-order valence-electron chi connectivity index (χ2n) is 4.46. The van der Waals surface area contributed by atoms with Gasteiger partial charge in [-0.25, -0.2) is 8.60 Å². The van der Waals surface area contributed by atoms with E-state index in [1.165, 1.54) is 19.4 Å². The molecule has 1 aromatic rings. The maximum Gasteiger partial charge on any atom is 0.173 e. The molecule has 0 saturated heterocycles. The highest BCUT2D eigenvalue weighted by atomic mass is 32.2. The molecule has 1 rings (SSSR count). The third-order valence-electron chi connectivity index (χ3n) is 2.02. The van der Waals surface area contributed by atoms with E-state index in [9.17, 15) is 8.60 Å². The Morgan fingerprint density at radius 1 is 1.41 bits per heavy atom. The van der Waals surface area contributed by atoms with Crippen LogP contribution in [0.15, 0.2) is 22.6 Å². The lowest BCUT2D eigenvalue weighted by Gasteiger charge is -2.12. The van der Waals surface area contributed by atoms with Gasteiger partial charge in [-0.05, 0) is 26.8 Å². The maximum atomic E-state index is 13.7. The standard InChI is InChI=1S/C12H16FNO2S/c1-12(2,3)17(15)14-8-9-6-5-7-10(16-4)11(9)13/h5-8H,1-4H3/b14-8+/t17-/m0/s1. The van der Waals surface area contributed by atoms with Crippen LogP contribution in [0.25, 0.3) is 0 Å². The number of rotatable bonds is 3. The fourth-order valence-electron chi connectivity index (χ4n) is 1.05. The van der Waals surface area contributed by atoms with Gasteiger partial charge in [0.2, 0.25) is 0 Å². The summed E-state index contributed by atoms with van der Waals surface area (Å²) in [7, 11) is 0.00279. The molecule has 17 heavy (non-hydrogen) atoms. The summed E-state index contributed by atoms with van der Waals surface area (Å²) in [5.74, 6) is -0.347. The van der Waals surface area contributed by atoms with Crippen LogP contribution in [0.1, 0.15) is 26.3 Å². The van der Waals surface area contributed by atoms with Crippen molar-refractivity contribution in [2.45, 2.75) is 25.5 Å². The van der Waals surface area contributed by atoms with Crippen molar-refractivity contribution in [1.82, 2.24) is 0 Å². The van der Waals surface area contributed by atoms with E-state index in [-0.39, 0.29) is 11.3 Å². The first-order chi connectivity index (χ1) is 7.86. The number of hydrogen-bond donors (Lipinski definition) is 0. The van der Waals surface area contributed by atoms with Crippen LogP contribution in [-0.4, -0.2) is 22.3 Å². The van der Waals surface area contributed by atoms with Gasteiger partial charge in [0.05, 0.1) is 11.9 Å². The largest absolute Gasteiger partial charge is 0.494 e. The van der Waals surface area contributed by atoms with Crippen molar-refractivity contribution in [3.8, 4) is 5.75 Å². The summed E-state index contributed by atoms with van der Waals surface area (Å²) in [5.41, 5.74) is 0.266. The Balaban J connectivity index is 2.97. The van der Waals surface area contributed by atoms with Gasteiger partial charge in [0.15, 0.2) is 11.6 Å². The zero-order chi connectivity index (χ0) is 13.1. The second-order valence-corrected chi connectivity index (χ2v) is 6.39. The molecule has 0 radical (unpaired) electrons. The predicted octanol–water partition coefficient (Wildman–Crippen LogP) is 2.72. The molecule has 0 bridgehead atoms. The topological polar surface area (TPSA) is 38.7 Å². The van der Waals surface area contributed by atoms with Gasteiger partial charge < -0.3 is 4.74 Å². The normalized spacial score (nSPS) is 13.9. The number of halogens is 1. The van der Waals surface area contributed by atoms with Crippen molar-refractivity contribution in [3.63, 3.8) is 0 Å². The highest BCUT2D eigenvalue weighted by Crippen LogP contribution is 2.19. The van der Waals surface area contributed by atoms with Crippen molar-refractivity contribution in [2.75, 3.05) is 7.11 Å². The quantitative estimate of drug-likeness (QED) is 0.781. The van der Waals surface area contributed by atoms with Crippen molar-refractivity contribution < 1.29 is 13.3 Å². The minimum Gasteiger partial charge on any atom is -0.494 e. The van der Waals surface area contributed by atoms with E-state index in [0.29, 0.717) is 0 Å². The highest BCUT2D eigenvalue weighted by molar-refractivity contribution is 7.85. The van der Waals surface area contributed by atoms with E-state index in [0.717, 1.165) is 0 Å². The molecule has 0 aliphatic rings. The fourth-order valence-corrected chi connectivity index (χ4v) is 1.57. The van der Waals surface area contributed by atoms with Crippen molar-refractivity contribution in [1.29, 1.82) is 0 Å². The van der Waals surface area contributed by atoms with Crippen molar-refractivity contribution in [3.05, 3.63) is 29.6 Å². The van der Waals surface area contributed by atoms with Crippen LogP contribution in [0.3, 0.4) is 0 Å². The molecule has 0 aliphatic heterocycles. The molecular formula is C12H16FNO2S. The number of hydrogen-bond acceptors (Lipinski definition) is 2. The molecule has 0 aliphatic carbocycles. The third-order valence-corrected chi connectivity index (χ3v) is 3.37. The van der Waals surface area contributed by atoms with E-state index in [2.05, 4.69) is 4.40 Å². The molecule has 0 saturated carbocycles. The Bertz CT molecular complexity index is 452. The summed E-state index contributed by atoms with van der Waals surface area (Å²) in [6, 6.07) is 4.73. The van der Waals surface area contributed by atoms with E-state index in [4.69, 9.17) is 4.74 Å². The first-order valence-electron chi connectivity index (χ1n) is 5.15. The monoisotopic (exact) mass is 257 g/mol. The first-order valence-corrected chi connectivity index (χ1v) is 6.25. The Hall–Kier alpha value is -1.23. The molecule has 5 heteroatoms. The maximum absolute atomic E-state index is 13.7. The molecule has 3 nitrogen and oxygen atoms in total. The molecule has 0 unspecified atom stereocenters. The second kappa shape index (κ2) is 5.40. The van der Waals surface area contributed by atoms with Gasteiger partial charge >= 0.3 is 0 Å². The molecule has 1 atom stereocenters. The molecule has 0 amide bonds. The molecule has 0 aromatic heterocycles. The van der Waals surface area contributed by atoms with Crippen LogP contribution in [0.4, 0.5) is 4.39 Å². The SMILES string of the molecule is COc1cccc(/C=N/[S@@](=O)C(C)(C)C)c1F. The number of nitrogens with zero attached hydrogens (tertiary/aromatic N) is 1. The molecule has 1 aromatic carbocycles. The number of ether oxygens (including phenoxy) is 1.